The lowest BCUT2D eigenvalue weighted by Gasteiger charge is -2.19. The molecule has 0 bridgehead atoms. The van der Waals surface area contributed by atoms with Crippen LogP contribution in [0.3, 0.4) is 0 Å². The predicted octanol–water partition coefficient (Wildman–Crippen LogP) is 2.74. The SMILES string of the molecule is CC(N)Cc1cn(CCOC(C)(C)C)c2ncccc12. The molecule has 2 aromatic rings. The molecule has 2 N–H and O–H groups in total. The Labute approximate surface area is 120 Å². The van der Waals surface area contributed by atoms with E-state index in [4.69, 9.17) is 10.5 Å². The van der Waals surface area contributed by atoms with Crippen LogP contribution in [0.15, 0.2) is 24.5 Å². The minimum absolute atomic E-state index is 0.106. The lowest BCUT2D eigenvalue weighted by molar-refractivity contribution is -0.00649. The highest BCUT2D eigenvalue weighted by Gasteiger charge is 2.13. The van der Waals surface area contributed by atoms with Gasteiger partial charge in [-0.05, 0) is 51.8 Å². The van der Waals surface area contributed by atoms with Crippen molar-refractivity contribution in [2.24, 2.45) is 5.73 Å². The maximum absolute atomic E-state index is 5.93. The molecule has 0 saturated heterocycles. The quantitative estimate of drug-likeness (QED) is 0.913. The second-order valence-electron chi connectivity index (χ2n) is 6.36. The average molecular weight is 275 g/mol. The van der Waals surface area contributed by atoms with Gasteiger partial charge in [0.2, 0.25) is 0 Å². The van der Waals surface area contributed by atoms with Crippen molar-refractivity contribution in [1.29, 1.82) is 0 Å². The van der Waals surface area contributed by atoms with Gasteiger partial charge in [-0.3, -0.25) is 0 Å². The number of rotatable bonds is 5. The van der Waals surface area contributed by atoms with Crippen LogP contribution in [-0.4, -0.2) is 27.8 Å². The van der Waals surface area contributed by atoms with Crippen molar-refractivity contribution < 1.29 is 4.74 Å². The van der Waals surface area contributed by atoms with Crippen molar-refractivity contribution in [3.8, 4) is 0 Å². The van der Waals surface area contributed by atoms with Gasteiger partial charge in [-0.1, -0.05) is 0 Å². The molecule has 2 heterocycles. The number of hydrogen-bond donors (Lipinski definition) is 1. The topological polar surface area (TPSA) is 53.1 Å². The van der Waals surface area contributed by atoms with Gasteiger partial charge in [-0.15, -0.1) is 0 Å². The third-order valence-corrected chi connectivity index (χ3v) is 3.13. The summed E-state index contributed by atoms with van der Waals surface area (Å²) in [5, 5.41) is 1.19. The summed E-state index contributed by atoms with van der Waals surface area (Å²) in [5.74, 6) is 0. The first kappa shape index (κ1) is 15.0. The van der Waals surface area contributed by atoms with Crippen LogP contribution in [0.2, 0.25) is 0 Å². The van der Waals surface area contributed by atoms with Gasteiger partial charge in [-0.2, -0.15) is 0 Å². The molecule has 0 spiro atoms. The molecule has 0 amide bonds. The fourth-order valence-electron chi connectivity index (χ4n) is 2.33. The first-order valence-electron chi connectivity index (χ1n) is 7.19. The molecule has 0 aromatic carbocycles. The molecule has 1 unspecified atom stereocenters. The number of hydrogen-bond acceptors (Lipinski definition) is 3. The Bertz CT molecular complexity index is 567. The summed E-state index contributed by atoms with van der Waals surface area (Å²) in [6.45, 7) is 9.73. The van der Waals surface area contributed by atoms with E-state index in [1.807, 2.05) is 19.2 Å². The molecular formula is C16H25N3O. The Morgan fingerprint density at radius 3 is 2.80 bits per heavy atom. The molecular weight excluding hydrogens is 250 g/mol. The molecule has 0 aliphatic carbocycles. The van der Waals surface area contributed by atoms with Crippen LogP contribution in [0.25, 0.3) is 11.0 Å². The zero-order chi connectivity index (χ0) is 14.8. The van der Waals surface area contributed by atoms with E-state index in [0.29, 0.717) is 6.61 Å². The van der Waals surface area contributed by atoms with Crippen LogP contribution in [0, 0.1) is 0 Å². The third kappa shape index (κ3) is 3.81. The van der Waals surface area contributed by atoms with Crippen LogP contribution in [-0.2, 0) is 17.7 Å². The van der Waals surface area contributed by atoms with E-state index in [-0.39, 0.29) is 11.6 Å². The molecule has 2 aromatic heterocycles. The zero-order valence-electron chi connectivity index (χ0n) is 12.9. The zero-order valence-corrected chi connectivity index (χ0v) is 12.9. The Kier molecular flexibility index (Phi) is 4.45. The van der Waals surface area contributed by atoms with Gasteiger partial charge in [0.25, 0.3) is 0 Å². The monoisotopic (exact) mass is 275 g/mol. The van der Waals surface area contributed by atoms with Crippen LogP contribution in [0.1, 0.15) is 33.3 Å². The Morgan fingerprint density at radius 1 is 1.40 bits per heavy atom. The van der Waals surface area contributed by atoms with E-state index in [2.05, 4.69) is 42.6 Å². The third-order valence-electron chi connectivity index (χ3n) is 3.13. The highest BCUT2D eigenvalue weighted by Crippen LogP contribution is 2.20. The lowest BCUT2D eigenvalue weighted by atomic mass is 10.1. The van der Waals surface area contributed by atoms with Gasteiger partial charge in [0.15, 0.2) is 0 Å². The number of fused-ring (bicyclic) bond motifs is 1. The largest absolute Gasteiger partial charge is 0.374 e. The van der Waals surface area contributed by atoms with Gasteiger partial charge >= 0.3 is 0 Å². The predicted molar refractivity (Wildman–Crippen MR) is 82.8 cm³/mol. The molecule has 0 fully saturated rings. The normalized spacial score (nSPS) is 13.8. The number of aromatic nitrogens is 2. The summed E-state index contributed by atoms with van der Waals surface area (Å²) in [4.78, 5) is 4.49. The summed E-state index contributed by atoms with van der Waals surface area (Å²) < 4.78 is 7.96. The van der Waals surface area contributed by atoms with Crippen molar-refractivity contribution in [3.05, 3.63) is 30.1 Å². The van der Waals surface area contributed by atoms with Crippen molar-refractivity contribution >= 4 is 11.0 Å². The molecule has 20 heavy (non-hydrogen) atoms. The number of pyridine rings is 1. The van der Waals surface area contributed by atoms with Gasteiger partial charge in [-0.25, -0.2) is 4.98 Å². The van der Waals surface area contributed by atoms with Crippen molar-refractivity contribution in [2.45, 2.75) is 52.3 Å². The van der Waals surface area contributed by atoms with Crippen LogP contribution in [0.5, 0.6) is 0 Å². The van der Waals surface area contributed by atoms with Crippen molar-refractivity contribution in [1.82, 2.24) is 9.55 Å². The number of nitrogens with zero attached hydrogens (tertiary/aromatic N) is 2. The van der Waals surface area contributed by atoms with E-state index in [0.717, 1.165) is 18.6 Å². The fraction of sp³-hybridized carbons (Fsp3) is 0.562. The summed E-state index contributed by atoms with van der Waals surface area (Å²) in [5.41, 5.74) is 8.10. The van der Waals surface area contributed by atoms with E-state index < -0.39 is 0 Å². The van der Waals surface area contributed by atoms with Gasteiger partial charge in [0.05, 0.1) is 12.2 Å². The van der Waals surface area contributed by atoms with Gasteiger partial charge in [0.1, 0.15) is 5.65 Å². The van der Waals surface area contributed by atoms with Crippen molar-refractivity contribution in [2.75, 3.05) is 6.61 Å². The summed E-state index contributed by atoms with van der Waals surface area (Å²) in [7, 11) is 0. The van der Waals surface area contributed by atoms with E-state index in [1.54, 1.807) is 0 Å². The average Bonchev–Trinajstić information content (AvgIpc) is 2.66. The molecule has 0 radical (unpaired) electrons. The second kappa shape index (κ2) is 5.94. The van der Waals surface area contributed by atoms with Crippen molar-refractivity contribution in [3.63, 3.8) is 0 Å². The molecule has 0 aliphatic heterocycles. The van der Waals surface area contributed by atoms with E-state index in [1.165, 1.54) is 10.9 Å². The van der Waals surface area contributed by atoms with Crippen LogP contribution in [0.4, 0.5) is 0 Å². The highest BCUT2D eigenvalue weighted by atomic mass is 16.5. The molecule has 2 rings (SSSR count). The Balaban J connectivity index is 2.20. The Hall–Kier alpha value is -1.39. The standard InChI is InChI=1S/C16H25N3O/c1-12(17)10-13-11-19(8-9-20-16(2,3)4)15-14(13)6-5-7-18-15/h5-7,11-12H,8-10,17H2,1-4H3. The van der Waals surface area contributed by atoms with E-state index in [9.17, 15) is 0 Å². The van der Waals surface area contributed by atoms with E-state index >= 15 is 0 Å². The highest BCUT2D eigenvalue weighted by molar-refractivity contribution is 5.80. The summed E-state index contributed by atoms with van der Waals surface area (Å²) in [6, 6.07) is 4.24. The van der Waals surface area contributed by atoms with Crippen LogP contribution < -0.4 is 5.73 Å². The minimum atomic E-state index is -0.106. The maximum atomic E-state index is 5.93. The first-order chi connectivity index (χ1) is 9.37. The molecule has 4 heteroatoms. The summed E-state index contributed by atoms with van der Waals surface area (Å²) >= 11 is 0. The van der Waals surface area contributed by atoms with Gasteiger partial charge in [0, 0.05) is 30.4 Å². The van der Waals surface area contributed by atoms with Crippen LogP contribution >= 0.6 is 0 Å². The molecule has 0 aliphatic rings. The molecule has 110 valence electrons. The Morgan fingerprint density at radius 2 is 2.15 bits per heavy atom. The first-order valence-corrected chi connectivity index (χ1v) is 7.19. The number of nitrogens with two attached hydrogens (primary N) is 1. The van der Waals surface area contributed by atoms with Gasteiger partial charge < -0.3 is 15.0 Å². The molecule has 0 saturated carbocycles. The number of ether oxygens (including phenoxy) is 1. The second-order valence-corrected chi connectivity index (χ2v) is 6.36. The minimum Gasteiger partial charge on any atom is -0.374 e. The molecule has 4 nitrogen and oxygen atoms in total. The summed E-state index contributed by atoms with van der Waals surface area (Å²) in [6.07, 6.45) is 4.86. The maximum Gasteiger partial charge on any atom is 0.140 e. The smallest absolute Gasteiger partial charge is 0.140 e. The lowest BCUT2D eigenvalue weighted by Crippen LogP contribution is -2.21. The molecule has 1 atom stereocenters. The fourth-order valence-corrected chi connectivity index (χ4v) is 2.33.